The van der Waals surface area contributed by atoms with E-state index in [9.17, 15) is 24.0 Å². The monoisotopic (exact) mass is 534 g/mol. The summed E-state index contributed by atoms with van der Waals surface area (Å²) in [5, 5.41) is 5.58. The number of likely N-dealkylation sites (tertiary alicyclic amines) is 1. The van der Waals surface area contributed by atoms with Crippen molar-refractivity contribution in [2.24, 2.45) is 34.8 Å². The quantitative estimate of drug-likeness (QED) is 0.387. The molecule has 0 aromatic carbocycles. The maximum Gasteiger partial charge on any atom is 0.408 e. The molecule has 2 aliphatic carbocycles. The number of rotatable bonds is 9. The van der Waals surface area contributed by atoms with E-state index in [1.807, 2.05) is 13.8 Å². The van der Waals surface area contributed by atoms with Gasteiger partial charge in [0, 0.05) is 6.54 Å². The summed E-state index contributed by atoms with van der Waals surface area (Å²) in [6.07, 6.45) is 4.24. The first kappa shape index (κ1) is 29.9. The van der Waals surface area contributed by atoms with Gasteiger partial charge in [-0.15, -0.1) is 0 Å². The lowest BCUT2D eigenvalue weighted by molar-refractivity contribution is -0.144. The average Bonchev–Trinajstić information content (AvgIpc) is 3.14. The highest BCUT2D eigenvalue weighted by atomic mass is 16.6. The molecule has 4 N–H and O–H groups in total. The normalized spacial score (nSPS) is 26.2. The molecule has 3 fully saturated rings. The molecule has 0 bridgehead atoms. The SMILES string of the molecule is CC(C)CC(NC(=O)[C@@H]1[C@@H]2[C@H](CN1C(=O)[C@@H](NC(=O)OC(C)(C)C)C1CCCCC1)C2(C)C)C(=O)C(N)=O. The van der Waals surface area contributed by atoms with E-state index in [1.54, 1.807) is 25.7 Å². The summed E-state index contributed by atoms with van der Waals surface area (Å²) < 4.78 is 5.47. The predicted octanol–water partition coefficient (Wildman–Crippen LogP) is 2.53. The number of carbonyl (C=O) groups is 5. The second-order valence-electron chi connectivity index (χ2n) is 13.3. The Morgan fingerprint density at radius 1 is 1.03 bits per heavy atom. The minimum atomic E-state index is -1.10. The Hall–Kier alpha value is -2.65. The van der Waals surface area contributed by atoms with Crippen molar-refractivity contribution in [3.63, 3.8) is 0 Å². The number of fused-ring (bicyclic) bond motifs is 1. The fourth-order valence-electron chi connectivity index (χ4n) is 6.41. The lowest BCUT2D eigenvalue weighted by atomic mass is 9.83. The van der Waals surface area contributed by atoms with Gasteiger partial charge >= 0.3 is 6.09 Å². The highest BCUT2D eigenvalue weighted by Crippen LogP contribution is 2.65. The Kier molecular flexibility index (Phi) is 8.83. The zero-order valence-corrected chi connectivity index (χ0v) is 24.0. The number of Topliss-reactive ketones (excluding diaryl/α,β-unsaturated/α-hetero) is 1. The van der Waals surface area contributed by atoms with Crippen molar-refractivity contribution in [1.29, 1.82) is 0 Å². The summed E-state index contributed by atoms with van der Waals surface area (Å²) >= 11 is 0. The third-order valence-corrected chi connectivity index (χ3v) is 8.40. The number of alkyl carbamates (subject to hydrolysis) is 1. The van der Waals surface area contributed by atoms with Gasteiger partial charge in [-0.3, -0.25) is 19.2 Å². The average molecular weight is 535 g/mol. The van der Waals surface area contributed by atoms with Gasteiger partial charge in [0.1, 0.15) is 17.7 Å². The van der Waals surface area contributed by atoms with Crippen LogP contribution in [0.1, 0.15) is 87.0 Å². The molecule has 0 aromatic rings. The van der Waals surface area contributed by atoms with E-state index in [0.717, 1.165) is 32.1 Å². The third-order valence-electron chi connectivity index (χ3n) is 8.40. The first-order valence-corrected chi connectivity index (χ1v) is 14.0. The Balaban J connectivity index is 1.86. The smallest absolute Gasteiger partial charge is 0.408 e. The molecular weight excluding hydrogens is 488 g/mol. The number of amides is 4. The van der Waals surface area contributed by atoms with Crippen LogP contribution in [-0.4, -0.2) is 64.8 Å². The van der Waals surface area contributed by atoms with Gasteiger partial charge in [-0.25, -0.2) is 4.79 Å². The molecule has 38 heavy (non-hydrogen) atoms. The fraction of sp³-hybridized carbons (Fsp3) is 0.821. The Morgan fingerprint density at radius 3 is 2.16 bits per heavy atom. The maximum absolute atomic E-state index is 14.1. The zero-order valence-electron chi connectivity index (χ0n) is 24.0. The van der Waals surface area contributed by atoms with E-state index < -0.39 is 47.4 Å². The Morgan fingerprint density at radius 2 is 1.63 bits per heavy atom. The molecule has 1 unspecified atom stereocenters. The standard InChI is InChI=1S/C28H46N4O6/c1-15(2)13-18(22(33)23(29)34)30-24(35)21-19-17(28(19,6)7)14-32(21)25(36)20(16-11-9-8-10-12-16)31-26(37)38-27(3,4)5/h15-21H,8-14H2,1-7H3,(H2,29,34)(H,30,35)(H,31,37)/t17-,18?,19-,20-,21-/m0/s1. The third kappa shape index (κ3) is 6.67. The number of nitrogens with two attached hydrogens (primary N) is 1. The maximum atomic E-state index is 14.1. The minimum Gasteiger partial charge on any atom is -0.444 e. The first-order valence-electron chi connectivity index (χ1n) is 14.0. The number of ether oxygens (including phenoxy) is 1. The lowest BCUT2D eigenvalue weighted by Crippen LogP contribution is -2.59. The van der Waals surface area contributed by atoms with Gasteiger partial charge in [0.05, 0.1) is 6.04 Å². The highest BCUT2D eigenvalue weighted by Gasteiger charge is 2.69. The van der Waals surface area contributed by atoms with Gasteiger partial charge in [-0.05, 0) is 69.1 Å². The highest BCUT2D eigenvalue weighted by molar-refractivity contribution is 6.37. The Bertz CT molecular complexity index is 949. The van der Waals surface area contributed by atoms with Crippen molar-refractivity contribution < 1.29 is 28.7 Å². The van der Waals surface area contributed by atoms with Crippen molar-refractivity contribution in [2.75, 3.05) is 6.54 Å². The number of carbonyl (C=O) groups excluding carboxylic acids is 5. The summed E-state index contributed by atoms with van der Waals surface area (Å²) in [6.45, 7) is 13.6. The van der Waals surface area contributed by atoms with Gasteiger partial charge in [0.25, 0.3) is 5.91 Å². The topological polar surface area (TPSA) is 148 Å². The van der Waals surface area contributed by atoms with Gasteiger partial charge in [-0.2, -0.15) is 0 Å². The van der Waals surface area contributed by atoms with Crippen LogP contribution >= 0.6 is 0 Å². The van der Waals surface area contributed by atoms with E-state index in [4.69, 9.17) is 10.5 Å². The Labute approximate surface area is 226 Å². The van der Waals surface area contributed by atoms with E-state index in [2.05, 4.69) is 24.5 Å². The summed E-state index contributed by atoms with van der Waals surface area (Å²) in [5.74, 6) is -2.68. The summed E-state index contributed by atoms with van der Waals surface area (Å²) in [6, 6.07) is -2.66. The van der Waals surface area contributed by atoms with Crippen LogP contribution in [0.25, 0.3) is 0 Å². The number of hydrogen-bond donors (Lipinski definition) is 3. The largest absolute Gasteiger partial charge is 0.444 e. The van der Waals surface area contributed by atoms with Gasteiger partial charge in [0.15, 0.2) is 0 Å². The van der Waals surface area contributed by atoms with Crippen molar-refractivity contribution in [3.05, 3.63) is 0 Å². The molecule has 3 rings (SSSR count). The van der Waals surface area contributed by atoms with Crippen molar-refractivity contribution in [1.82, 2.24) is 15.5 Å². The van der Waals surface area contributed by atoms with Gasteiger partial charge < -0.3 is 26.0 Å². The van der Waals surface area contributed by atoms with Gasteiger partial charge in [0.2, 0.25) is 17.6 Å². The van der Waals surface area contributed by atoms with Crippen LogP contribution in [0.5, 0.6) is 0 Å². The van der Waals surface area contributed by atoms with Crippen LogP contribution in [0.3, 0.4) is 0 Å². The number of nitrogens with zero attached hydrogens (tertiary/aromatic N) is 1. The molecule has 1 heterocycles. The molecule has 1 saturated heterocycles. The number of ketones is 1. The molecule has 0 radical (unpaired) electrons. The first-order chi connectivity index (χ1) is 17.5. The number of nitrogens with one attached hydrogen (secondary N) is 2. The van der Waals surface area contributed by atoms with Crippen LogP contribution in [-0.2, 0) is 23.9 Å². The minimum absolute atomic E-state index is 0.0312. The summed E-state index contributed by atoms with van der Waals surface area (Å²) in [7, 11) is 0. The van der Waals surface area contributed by atoms with Crippen LogP contribution in [0.15, 0.2) is 0 Å². The summed E-state index contributed by atoms with van der Waals surface area (Å²) in [4.78, 5) is 66.2. The molecular formula is C28H46N4O6. The van der Waals surface area contributed by atoms with Crippen molar-refractivity contribution >= 4 is 29.6 Å². The van der Waals surface area contributed by atoms with E-state index >= 15 is 0 Å². The van der Waals surface area contributed by atoms with Gasteiger partial charge in [-0.1, -0.05) is 47.0 Å². The van der Waals surface area contributed by atoms with Crippen molar-refractivity contribution in [2.45, 2.75) is 111 Å². The molecule has 3 aliphatic rings. The number of hydrogen-bond acceptors (Lipinski definition) is 6. The molecule has 0 spiro atoms. The molecule has 1 aliphatic heterocycles. The molecule has 0 aromatic heterocycles. The molecule has 4 amide bonds. The van der Waals surface area contributed by atoms with Crippen LogP contribution in [0.4, 0.5) is 4.79 Å². The zero-order chi connectivity index (χ0) is 28.6. The predicted molar refractivity (Wildman–Crippen MR) is 142 cm³/mol. The second kappa shape index (κ2) is 11.2. The molecule has 5 atom stereocenters. The lowest BCUT2D eigenvalue weighted by Gasteiger charge is -2.37. The molecule has 2 saturated carbocycles. The van der Waals surface area contributed by atoms with E-state index in [0.29, 0.717) is 6.54 Å². The van der Waals surface area contributed by atoms with E-state index in [-0.39, 0.29) is 41.4 Å². The van der Waals surface area contributed by atoms with E-state index in [1.165, 1.54) is 0 Å². The van der Waals surface area contributed by atoms with Crippen LogP contribution in [0.2, 0.25) is 0 Å². The number of piperidine rings is 1. The van der Waals surface area contributed by atoms with Crippen LogP contribution in [0, 0.1) is 29.1 Å². The number of primary amides is 1. The molecule has 10 heteroatoms. The molecule has 10 nitrogen and oxygen atoms in total. The second-order valence-corrected chi connectivity index (χ2v) is 13.3. The van der Waals surface area contributed by atoms with Crippen molar-refractivity contribution in [3.8, 4) is 0 Å². The van der Waals surface area contributed by atoms with Crippen LogP contribution < -0.4 is 16.4 Å². The summed E-state index contributed by atoms with van der Waals surface area (Å²) in [5.41, 5.74) is 4.39. The molecule has 214 valence electrons. The fourth-order valence-corrected chi connectivity index (χ4v) is 6.41.